The zero-order chi connectivity index (χ0) is 21.7. The van der Waals surface area contributed by atoms with Crippen molar-refractivity contribution in [2.45, 2.75) is 20.0 Å². The predicted octanol–water partition coefficient (Wildman–Crippen LogP) is 2.66. The number of methoxy groups -OCH3 is 1. The normalized spacial score (nSPS) is 14.8. The predicted molar refractivity (Wildman–Crippen MR) is 124 cm³/mol. The number of rotatable bonds is 10. The van der Waals surface area contributed by atoms with Crippen molar-refractivity contribution in [1.29, 1.82) is 0 Å². The van der Waals surface area contributed by atoms with Gasteiger partial charge in [0.2, 0.25) is 0 Å². The number of hydrogen-bond donors (Lipinski definition) is 2. The molecule has 168 valence electrons. The van der Waals surface area contributed by atoms with E-state index in [1.165, 1.54) is 0 Å². The molecule has 0 aromatic heterocycles. The Hall–Kier alpha value is -2.77. The average Bonchev–Trinajstić information content (AvgIpc) is 2.82. The van der Waals surface area contributed by atoms with Gasteiger partial charge >= 0.3 is 0 Å². The molecule has 0 atom stereocenters. The topological polar surface area (TPSA) is 67.4 Å². The van der Waals surface area contributed by atoms with E-state index in [-0.39, 0.29) is 0 Å². The fourth-order valence-corrected chi connectivity index (χ4v) is 3.33. The van der Waals surface area contributed by atoms with Crippen LogP contribution in [0.1, 0.15) is 18.1 Å². The van der Waals surface area contributed by atoms with E-state index in [0.29, 0.717) is 19.7 Å². The van der Waals surface area contributed by atoms with Gasteiger partial charge in [-0.3, -0.25) is 4.90 Å². The summed E-state index contributed by atoms with van der Waals surface area (Å²) in [6, 6.07) is 16.2. The van der Waals surface area contributed by atoms with Gasteiger partial charge in [-0.2, -0.15) is 0 Å². The summed E-state index contributed by atoms with van der Waals surface area (Å²) in [7, 11) is 1.68. The molecule has 0 bridgehead atoms. The molecule has 2 aromatic carbocycles. The van der Waals surface area contributed by atoms with E-state index < -0.39 is 0 Å². The number of guanidine groups is 1. The van der Waals surface area contributed by atoms with Crippen LogP contribution in [0.15, 0.2) is 53.5 Å². The minimum absolute atomic E-state index is 0.577. The maximum Gasteiger partial charge on any atom is 0.191 e. The van der Waals surface area contributed by atoms with Gasteiger partial charge in [0.05, 0.1) is 26.9 Å². The van der Waals surface area contributed by atoms with Crippen LogP contribution in [0.5, 0.6) is 11.5 Å². The van der Waals surface area contributed by atoms with E-state index >= 15 is 0 Å². The third-order valence-corrected chi connectivity index (χ3v) is 5.04. The van der Waals surface area contributed by atoms with Crippen LogP contribution in [-0.4, -0.2) is 64.0 Å². The SMILES string of the molecule is CCNC(=NCc1cccc(OCCN2CCOCC2)c1)NCc1cccc(OC)c1. The van der Waals surface area contributed by atoms with Crippen molar-refractivity contribution in [3.8, 4) is 11.5 Å². The van der Waals surface area contributed by atoms with Gasteiger partial charge in [-0.15, -0.1) is 0 Å². The first-order chi connectivity index (χ1) is 15.3. The Morgan fingerprint density at radius 3 is 2.55 bits per heavy atom. The maximum atomic E-state index is 5.96. The minimum Gasteiger partial charge on any atom is -0.497 e. The van der Waals surface area contributed by atoms with Crippen molar-refractivity contribution in [1.82, 2.24) is 15.5 Å². The molecule has 31 heavy (non-hydrogen) atoms. The molecule has 7 nitrogen and oxygen atoms in total. The van der Waals surface area contributed by atoms with Crippen LogP contribution in [0.25, 0.3) is 0 Å². The Labute approximate surface area is 185 Å². The summed E-state index contributed by atoms with van der Waals surface area (Å²) in [5, 5.41) is 6.68. The smallest absolute Gasteiger partial charge is 0.191 e. The summed E-state index contributed by atoms with van der Waals surface area (Å²) in [5.41, 5.74) is 2.25. The Morgan fingerprint density at radius 1 is 1.03 bits per heavy atom. The van der Waals surface area contributed by atoms with E-state index in [0.717, 1.165) is 68.0 Å². The fourth-order valence-electron chi connectivity index (χ4n) is 3.33. The molecule has 0 saturated carbocycles. The lowest BCUT2D eigenvalue weighted by atomic mass is 10.2. The highest BCUT2D eigenvalue weighted by Gasteiger charge is 2.09. The Kier molecular flexibility index (Phi) is 9.47. The number of hydrogen-bond acceptors (Lipinski definition) is 5. The molecule has 0 unspecified atom stereocenters. The van der Waals surface area contributed by atoms with Gasteiger partial charge in [0.25, 0.3) is 0 Å². The number of ether oxygens (including phenoxy) is 3. The Bertz CT molecular complexity index is 822. The summed E-state index contributed by atoms with van der Waals surface area (Å²) in [6.45, 7) is 9.30. The van der Waals surface area contributed by atoms with Gasteiger partial charge in [0, 0.05) is 32.7 Å². The molecule has 1 fully saturated rings. The first-order valence-electron chi connectivity index (χ1n) is 10.9. The molecule has 0 spiro atoms. The highest BCUT2D eigenvalue weighted by Crippen LogP contribution is 2.15. The van der Waals surface area contributed by atoms with Crippen LogP contribution in [-0.2, 0) is 17.8 Å². The van der Waals surface area contributed by atoms with Crippen molar-refractivity contribution in [2.24, 2.45) is 4.99 Å². The first-order valence-corrected chi connectivity index (χ1v) is 10.9. The molecule has 2 aromatic rings. The van der Waals surface area contributed by atoms with E-state index in [9.17, 15) is 0 Å². The van der Waals surface area contributed by atoms with Gasteiger partial charge in [-0.1, -0.05) is 24.3 Å². The second-order valence-corrected chi connectivity index (χ2v) is 7.35. The number of nitrogens with zero attached hydrogens (tertiary/aromatic N) is 2. The molecular weight excluding hydrogens is 392 g/mol. The Balaban J connectivity index is 1.50. The van der Waals surface area contributed by atoms with E-state index in [1.54, 1.807) is 7.11 Å². The van der Waals surface area contributed by atoms with Crippen molar-refractivity contribution < 1.29 is 14.2 Å². The molecule has 1 saturated heterocycles. The van der Waals surface area contributed by atoms with Gasteiger partial charge in [0.1, 0.15) is 18.1 Å². The molecule has 1 aliphatic heterocycles. The van der Waals surface area contributed by atoms with E-state index in [1.807, 2.05) is 30.3 Å². The number of nitrogens with one attached hydrogen (secondary N) is 2. The van der Waals surface area contributed by atoms with Crippen LogP contribution >= 0.6 is 0 Å². The van der Waals surface area contributed by atoms with Gasteiger partial charge in [-0.05, 0) is 42.3 Å². The van der Waals surface area contributed by atoms with Crippen molar-refractivity contribution in [3.63, 3.8) is 0 Å². The fraction of sp³-hybridized carbons (Fsp3) is 0.458. The summed E-state index contributed by atoms with van der Waals surface area (Å²) >= 11 is 0. The second-order valence-electron chi connectivity index (χ2n) is 7.35. The van der Waals surface area contributed by atoms with E-state index in [2.05, 4.69) is 40.7 Å². The van der Waals surface area contributed by atoms with Gasteiger partial charge < -0.3 is 24.8 Å². The molecule has 3 rings (SSSR count). The van der Waals surface area contributed by atoms with Crippen LogP contribution in [0.4, 0.5) is 0 Å². The van der Waals surface area contributed by atoms with Crippen molar-refractivity contribution >= 4 is 5.96 Å². The Morgan fingerprint density at radius 2 is 1.77 bits per heavy atom. The molecule has 1 aliphatic rings. The third-order valence-electron chi connectivity index (χ3n) is 5.04. The maximum absolute atomic E-state index is 5.96. The lowest BCUT2D eigenvalue weighted by Gasteiger charge is -2.26. The van der Waals surface area contributed by atoms with Gasteiger partial charge in [0.15, 0.2) is 5.96 Å². The van der Waals surface area contributed by atoms with Gasteiger partial charge in [-0.25, -0.2) is 4.99 Å². The lowest BCUT2D eigenvalue weighted by Crippen LogP contribution is -2.38. The summed E-state index contributed by atoms with van der Waals surface area (Å²) < 4.78 is 16.6. The number of morpholine rings is 1. The molecule has 7 heteroatoms. The van der Waals surface area contributed by atoms with Crippen LogP contribution in [0.3, 0.4) is 0 Å². The zero-order valence-electron chi connectivity index (χ0n) is 18.6. The molecule has 0 radical (unpaired) electrons. The first kappa shape index (κ1) is 22.9. The average molecular weight is 427 g/mol. The zero-order valence-corrected chi connectivity index (χ0v) is 18.6. The molecular formula is C24H34N4O3. The number of benzene rings is 2. The highest BCUT2D eigenvalue weighted by molar-refractivity contribution is 5.79. The molecule has 1 heterocycles. The van der Waals surface area contributed by atoms with Crippen LogP contribution in [0, 0.1) is 0 Å². The van der Waals surface area contributed by atoms with Crippen LogP contribution in [0.2, 0.25) is 0 Å². The summed E-state index contributed by atoms with van der Waals surface area (Å²) in [4.78, 5) is 7.09. The molecule has 0 amide bonds. The summed E-state index contributed by atoms with van der Waals surface area (Å²) in [5.74, 6) is 2.52. The van der Waals surface area contributed by atoms with Crippen molar-refractivity contribution in [3.05, 3.63) is 59.7 Å². The molecule has 2 N–H and O–H groups in total. The lowest BCUT2D eigenvalue weighted by molar-refractivity contribution is 0.0322. The highest BCUT2D eigenvalue weighted by atomic mass is 16.5. The third kappa shape index (κ3) is 8.11. The van der Waals surface area contributed by atoms with Crippen LogP contribution < -0.4 is 20.1 Å². The molecule has 0 aliphatic carbocycles. The summed E-state index contributed by atoms with van der Waals surface area (Å²) in [6.07, 6.45) is 0. The van der Waals surface area contributed by atoms with E-state index in [4.69, 9.17) is 19.2 Å². The number of aliphatic imine (C=N–C) groups is 1. The standard InChI is InChI=1S/C24H34N4O3/c1-3-25-24(26-18-20-6-4-8-22(16-20)29-2)27-19-21-7-5-9-23(17-21)31-15-12-28-10-13-30-14-11-28/h4-9,16-17H,3,10-15,18-19H2,1-2H3,(H2,25,26,27). The van der Waals surface area contributed by atoms with Crippen molar-refractivity contribution in [2.75, 3.05) is 53.1 Å². The largest absolute Gasteiger partial charge is 0.497 e. The quantitative estimate of drug-likeness (QED) is 0.450. The second kappa shape index (κ2) is 12.8. The monoisotopic (exact) mass is 426 g/mol. The minimum atomic E-state index is 0.577.